The molecule has 8 heteroatoms. The number of rotatable bonds is 4. The molecular weight excluding hydrogens is 310 g/mol. The zero-order valence-electron chi connectivity index (χ0n) is 12.2. The lowest BCUT2D eigenvalue weighted by Gasteiger charge is -2.29. The van der Waals surface area contributed by atoms with E-state index in [1.54, 1.807) is 6.07 Å². The van der Waals surface area contributed by atoms with E-state index >= 15 is 0 Å². The SMILES string of the molecule is COC(=O)CNC(=O)c1c(F)cc(N2CCOCC2)cc1P. The molecule has 1 atom stereocenters. The standard InChI is InChI=1S/C14H18FN2O4P/c1-20-12(18)8-16-14(19)13-10(15)6-9(7-11(13)22)17-2-4-21-5-3-17/h6-7H,2-5,8,22H2,1H3,(H,16,19). The summed E-state index contributed by atoms with van der Waals surface area (Å²) >= 11 is 0. The minimum absolute atomic E-state index is 0.0917. The van der Waals surface area contributed by atoms with Crippen LogP contribution in [0.25, 0.3) is 0 Å². The van der Waals surface area contributed by atoms with Crippen LogP contribution in [0.1, 0.15) is 10.4 Å². The van der Waals surface area contributed by atoms with Gasteiger partial charge in [0, 0.05) is 18.8 Å². The Bertz CT molecular complexity index is 553. The number of hydrogen-bond acceptors (Lipinski definition) is 5. The van der Waals surface area contributed by atoms with E-state index < -0.39 is 17.7 Å². The lowest BCUT2D eigenvalue weighted by Crippen LogP contribution is -2.37. The van der Waals surface area contributed by atoms with Gasteiger partial charge in [-0.05, 0) is 17.4 Å². The van der Waals surface area contributed by atoms with Crippen molar-refractivity contribution in [1.82, 2.24) is 5.32 Å². The first-order valence-corrected chi connectivity index (χ1v) is 7.37. The van der Waals surface area contributed by atoms with Crippen molar-refractivity contribution in [3.8, 4) is 0 Å². The van der Waals surface area contributed by atoms with Crippen molar-refractivity contribution in [2.24, 2.45) is 0 Å². The Morgan fingerprint density at radius 1 is 1.41 bits per heavy atom. The Morgan fingerprint density at radius 3 is 2.68 bits per heavy atom. The van der Waals surface area contributed by atoms with E-state index in [1.165, 1.54) is 13.2 Å². The van der Waals surface area contributed by atoms with Crippen molar-refractivity contribution in [2.75, 3.05) is 44.9 Å². The predicted octanol–water partition coefficient (Wildman–Crippen LogP) is 0.0655. The summed E-state index contributed by atoms with van der Waals surface area (Å²) in [6.45, 7) is 2.24. The number of benzene rings is 1. The van der Waals surface area contributed by atoms with Crippen LogP contribution < -0.4 is 15.5 Å². The van der Waals surface area contributed by atoms with Crippen LogP contribution in [0.15, 0.2) is 12.1 Å². The summed E-state index contributed by atoms with van der Waals surface area (Å²) in [6, 6.07) is 3.05. The first-order valence-electron chi connectivity index (χ1n) is 6.79. The van der Waals surface area contributed by atoms with Gasteiger partial charge in [-0.1, -0.05) is 0 Å². The third-order valence-electron chi connectivity index (χ3n) is 3.33. The highest BCUT2D eigenvalue weighted by molar-refractivity contribution is 7.27. The first-order chi connectivity index (χ1) is 10.5. The Balaban J connectivity index is 2.15. The molecule has 120 valence electrons. The smallest absolute Gasteiger partial charge is 0.325 e. The zero-order valence-corrected chi connectivity index (χ0v) is 13.4. The Kier molecular flexibility index (Phi) is 5.69. The van der Waals surface area contributed by atoms with Gasteiger partial charge >= 0.3 is 5.97 Å². The number of morpholine rings is 1. The highest BCUT2D eigenvalue weighted by atomic mass is 31.0. The lowest BCUT2D eigenvalue weighted by molar-refractivity contribution is -0.139. The maximum Gasteiger partial charge on any atom is 0.325 e. The molecule has 22 heavy (non-hydrogen) atoms. The third kappa shape index (κ3) is 3.93. The maximum atomic E-state index is 14.3. The molecule has 1 amide bonds. The van der Waals surface area contributed by atoms with Crippen LogP contribution in [0.5, 0.6) is 0 Å². The molecule has 0 aromatic heterocycles. The van der Waals surface area contributed by atoms with E-state index in [2.05, 4.69) is 19.3 Å². The van der Waals surface area contributed by atoms with Gasteiger partial charge in [-0.3, -0.25) is 9.59 Å². The molecule has 1 saturated heterocycles. The van der Waals surface area contributed by atoms with Crippen molar-refractivity contribution in [3.05, 3.63) is 23.5 Å². The molecule has 0 bridgehead atoms. The molecule has 1 aromatic carbocycles. The Morgan fingerprint density at radius 2 is 2.09 bits per heavy atom. The van der Waals surface area contributed by atoms with Crippen molar-refractivity contribution in [1.29, 1.82) is 0 Å². The second kappa shape index (κ2) is 7.51. The molecule has 0 spiro atoms. The molecule has 1 aliphatic rings. The summed E-state index contributed by atoms with van der Waals surface area (Å²) < 4.78 is 24.0. The van der Waals surface area contributed by atoms with Crippen molar-refractivity contribution in [2.45, 2.75) is 0 Å². The van der Waals surface area contributed by atoms with E-state index in [9.17, 15) is 14.0 Å². The number of halogens is 1. The van der Waals surface area contributed by atoms with E-state index in [0.717, 1.165) is 0 Å². The zero-order chi connectivity index (χ0) is 16.1. The number of esters is 1. The molecule has 1 aromatic rings. The number of methoxy groups -OCH3 is 1. The molecule has 1 fully saturated rings. The topological polar surface area (TPSA) is 67.9 Å². The van der Waals surface area contributed by atoms with Gasteiger partial charge in [0.1, 0.15) is 12.4 Å². The van der Waals surface area contributed by atoms with E-state index in [-0.39, 0.29) is 12.1 Å². The van der Waals surface area contributed by atoms with Crippen LogP contribution in [0.2, 0.25) is 0 Å². The predicted molar refractivity (Wildman–Crippen MR) is 83.1 cm³/mol. The Hall–Kier alpha value is -1.72. The summed E-state index contributed by atoms with van der Waals surface area (Å²) in [7, 11) is 3.57. The third-order valence-corrected chi connectivity index (χ3v) is 3.79. The van der Waals surface area contributed by atoms with Gasteiger partial charge in [-0.2, -0.15) is 0 Å². The number of anilines is 1. The largest absolute Gasteiger partial charge is 0.468 e. The summed E-state index contributed by atoms with van der Waals surface area (Å²) in [5.74, 6) is -1.87. The number of carbonyl (C=O) groups is 2. The van der Waals surface area contributed by atoms with Gasteiger partial charge in [0.15, 0.2) is 0 Å². The number of hydrogen-bond donors (Lipinski definition) is 1. The number of nitrogens with zero attached hydrogens (tertiary/aromatic N) is 1. The Labute approximate surface area is 130 Å². The first kappa shape index (κ1) is 16.6. The molecule has 1 heterocycles. The van der Waals surface area contributed by atoms with Crippen LogP contribution in [-0.4, -0.2) is 51.8 Å². The van der Waals surface area contributed by atoms with E-state index in [0.29, 0.717) is 37.3 Å². The summed E-state index contributed by atoms with van der Waals surface area (Å²) in [4.78, 5) is 25.0. The van der Waals surface area contributed by atoms with Crippen molar-refractivity contribution < 1.29 is 23.5 Å². The van der Waals surface area contributed by atoms with Crippen LogP contribution >= 0.6 is 9.24 Å². The highest BCUT2D eigenvalue weighted by Crippen LogP contribution is 2.20. The normalized spacial score (nSPS) is 14.6. The summed E-state index contributed by atoms with van der Waals surface area (Å²) in [5.41, 5.74) is 0.612. The molecule has 0 radical (unpaired) electrons. The molecular formula is C14H18FN2O4P. The average molecular weight is 328 g/mol. The second-order valence-corrected chi connectivity index (χ2v) is 5.37. The molecule has 1 unspecified atom stereocenters. The van der Waals surface area contributed by atoms with E-state index in [1.807, 2.05) is 4.90 Å². The molecule has 0 aliphatic carbocycles. The molecule has 2 rings (SSSR count). The van der Waals surface area contributed by atoms with Crippen molar-refractivity contribution in [3.63, 3.8) is 0 Å². The van der Waals surface area contributed by atoms with Gasteiger partial charge in [0.25, 0.3) is 5.91 Å². The maximum absolute atomic E-state index is 14.3. The molecule has 1 N–H and O–H groups in total. The summed E-state index contributed by atoms with van der Waals surface area (Å²) in [5, 5.41) is 2.76. The molecule has 6 nitrogen and oxygen atoms in total. The van der Waals surface area contributed by atoms with Crippen molar-refractivity contribution >= 4 is 32.1 Å². The minimum Gasteiger partial charge on any atom is -0.468 e. The van der Waals surface area contributed by atoms with Gasteiger partial charge in [-0.15, -0.1) is 9.24 Å². The van der Waals surface area contributed by atoms with Gasteiger partial charge in [0.05, 0.1) is 25.9 Å². The summed E-state index contributed by atoms with van der Waals surface area (Å²) in [6.07, 6.45) is 0. The van der Waals surface area contributed by atoms with Crippen LogP contribution in [0.3, 0.4) is 0 Å². The van der Waals surface area contributed by atoms with Crippen LogP contribution in [0, 0.1) is 5.82 Å². The van der Waals surface area contributed by atoms with Crippen LogP contribution in [-0.2, 0) is 14.3 Å². The lowest BCUT2D eigenvalue weighted by atomic mass is 10.1. The second-order valence-electron chi connectivity index (χ2n) is 4.75. The number of ether oxygens (including phenoxy) is 2. The molecule has 1 aliphatic heterocycles. The van der Waals surface area contributed by atoms with Gasteiger partial charge in [0.2, 0.25) is 0 Å². The monoisotopic (exact) mass is 328 g/mol. The number of amides is 1. The van der Waals surface area contributed by atoms with Gasteiger partial charge < -0.3 is 19.7 Å². The minimum atomic E-state index is -0.651. The fourth-order valence-electron chi connectivity index (χ4n) is 2.17. The van der Waals surface area contributed by atoms with E-state index in [4.69, 9.17) is 4.74 Å². The fraction of sp³-hybridized carbons (Fsp3) is 0.429. The van der Waals surface area contributed by atoms with Crippen LogP contribution in [0.4, 0.5) is 10.1 Å². The quantitative estimate of drug-likeness (QED) is 0.626. The fourth-order valence-corrected chi connectivity index (χ4v) is 2.61. The van der Waals surface area contributed by atoms with Gasteiger partial charge in [-0.25, -0.2) is 4.39 Å². The number of carbonyl (C=O) groups excluding carboxylic acids is 2. The molecule has 0 saturated carbocycles. The average Bonchev–Trinajstić information content (AvgIpc) is 2.52. The highest BCUT2D eigenvalue weighted by Gasteiger charge is 2.20. The number of nitrogens with one attached hydrogen (secondary N) is 1.